The zero-order chi connectivity index (χ0) is 12.5. The summed E-state index contributed by atoms with van der Waals surface area (Å²) in [6.45, 7) is 3.67. The van der Waals surface area contributed by atoms with Gasteiger partial charge in [-0.2, -0.15) is 0 Å². The predicted molar refractivity (Wildman–Crippen MR) is 72.7 cm³/mol. The van der Waals surface area contributed by atoms with Crippen LogP contribution in [-0.4, -0.2) is 28.1 Å². The van der Waals surface area contributed by atoms with Gasteiger partial charge in [-0.3, -0.25) is 4.90 Å². The molecule has 1 aliphatic rings. The Balaban J connectivity index is 1.80. The fourth-order valence-corrected chi connectivity index (χ4v) is 2.95. The standard InChI is InChI=1S/C15H19N2O/c1-11(18)17-8-6-12(7-9-17)14-10-16-15-5-3-2-4-13(14)15/h2-5,10,12,16,18H,6-9H2,1H3. The Morgan fingerprint density at radius 1 is 1.28 bits per heavy atom. The number of benzene rings is 1. The summed E-state index contributed by atoms with van der Waals surface area (Å²) < 4.78 is 0. The Bertz CT molecular complexity index is 524. The largest absolute Gasteiger partial charge is 0.371 e. The van der Waals surface area contributed by atoms with Crippen LogP contribution < -0.4 is 0 Å². The van der Waals surface area contributed by atoms with Crippen molar-refractivity contribution in [2.75, 3.05) is 13.1 Å². The molecule has 2 N–H and O–H groups in total. The number of aliphatic hydroxyl groups is 1. The van der Waals surface area contributed by atoms with Gasteiger partial charge in [0.15, 0.2) is 6.23 Å². The summed E-state index contributed by atoms with van der Waals surface area (Å²) in [5, 5.41) is 10.8. The number of rotatable bonds is 2. The molecular weight excluding hydrogens is 224 g/mol. The zero-order valence-electron chi connectivity index (χ0n) is 10.7. The van der Waals surface area contributed by atoms with E-state index >= 15 is 0 Å². The number of hydrogen-bond donors (Lipinski definition) is 2. The van der Waals surface area contributed by atoms with Crippen LogP contribution in [0.3, 0.4) is 0 Å². The van der Waals surface area contributed by atoms with E-state index in [0.29, 0.717) is 12.1 Å². The molecule has 2 heterocycles. The van der Waals surface area contributed by atoms with Gasteiger partial charge in [0, 0.05) is 30.2 Å². The highest BCUT2D eigenvalue weighted by Gasteiger charge is 2.24. The smallest absolute Gasteiger partial charge is 0.158 e. The lowest BCUT2D eigenvalue weighted by atomic mass is 9.89. The molecule has 2 aromatic rings. The van der Waals surface area contributed by atoms with Crippen molar-refractivity contribution in [3.8, 4) is 0 Å². The topological polar surface area (TPSA) is 39.3 Å². The van der Waals surface area contributed by atoms with Gasteiger partial charge in [0.1, 0.15) is 0 Å². The van der Waals surface area contributed by atoms with Gasteiger partial charge in [-0.15, -0.1) is 0 Å². The van der Waals surface area contributed by atoms with Gasteiger partial charge in [0.25, 0.3) is 0 Å². The molecule has 0 spiro atoms. The number of piperidine rings is 1. The lowest BCUT2D eigenvalue weighted by molar-refractivity contribution is 0.0962. The first-order valence-corrected chi connectivity index (χ1v) is 6.59. The fourth-order valence-electron chi connectivity index (χ4n) is 2.95. The molecule has 0 bridgehead atoms. The number of aromatic amines is 1. The molecule has 18 heavy (non-hydrogen) atoms. The van der Waals surface area contributed by atoms with Crippen LogP contribution in [0.15, 0.2) is 30.5 Å². The normalized spacial score (nSPS) is 18.8. The van der Waals surface area contributed by atoms with Crippen molar-refractivity contribution in [3.63, 3.8) is 0 Å². The van der Waals surface area contributed by atoms with Crippen molar-refractivity contribution in [3.05, 3.63) is 42.3 Å². The first-order valence-electron chi connectivity index (χ1n) is 6.59. The SMILES string of the molecule is C[C](O)N1CCC(c2c[nH]c3ccccc23)CC1. The predicted octanol–water partition coefficient (Wildman–Crippen LogP) is 3.23. The minimum Gasteiger partial charge on any atom is -0.371 e. The highest BCUT2D eigenvalue weighted by atomic mass is 16.3. The fraction of sp³-hybridized carbons (Fsp3) is 0.400. The van der Waals surface area contributed by atoms with Crippen LogP contribution in [0.25, 0.3) is 10.9 Å². The van der Waals surface area contributed by atoms with Crippen molar-refractivity contribution in [1.82, 2.24) is 9.88 Å². The average Bonchev–Trinajstić information content (AvgIpc) is 2.82. The van der Waals surface area contributed by atoms with Gasteiger partial charge in [0.05, 0.1) is 0 Å². The molecule has 0 unspecified atom stereocenters. The maximum Gasteiger partial charge on any atom is 0.158 e. The monoisotopic (exact) mass is 243 g/mol. The number of likely N-dealkylation sites (tertiary alicyclic amines) is 1. The highest BCUT2D eigenvalue weighted by molar-refractivity contribution is 5.83. The summed E-state index contributed by atoms with van der Waals surface area (Å²) in [6, 6.07) is 8.48. The molecule has 0 amide bonds. The number of nitrogens with zero attached hydrogens (tertiary/aromatic N) is 1. The molecule has 1 fully saturated rings. The summed E-state index contributed by atoms with van der Waals surface area (Å²) in [6.07, 6.45) is 4.83. The van der Waals surface area contributed by atoms with Crippen molar-refractivity contribution < 1.29 is 5.11 Å². The maximum absolute atomic E-state index is 9.50. The van der Waals surface area contributed by atoms with Crippen molar-refractivity contribution in [1.29, 1.82) is 0 Å². The summed E-state index contributed by atoms with van der Waals surface area (Å²) in [4.78, 5) is 5.41. The molecule has 1 aromatic heterocycles. The molecule has 95 valence electrons. The molecule has 0 atom stereocenters. The Labute approximate surface area is 107 Å². The van der Waals surface area contributed by atoms with Gasteiger partial charge in [0.2, 0.25) is 0 Å². The van der Waals surface area contributed by atoms with E-state index in [-0.39, 0.29) is 0 Å². The molecule has 3 rings (SSSR count). The highest BCUT2D eigenvalue weighted by Crippen LogP contribution is 2.33. The maximum atomic E-state index is 9.50. The van der Waals surface area contributed by atoms with Gasteiger partial charge in [-0.1, -0.05) is 18.2 Å². The number of fused-ring (bicyclic) bond motifs is 1. The minimum absolute atomic E-state index is 0.451. The third-order valence-electron chi connectivity index (χ3n) is 4.01. The van der Waals surface area contributed by atoms with E-state index in [1.54, 1.807) is 6.92 Å². The van der Waals surface area contributed by atoms with E-state index in [4.69, 9.17) is 0 Å². The first kappa shape index (κ1) is 11.8. The van der Waals surface area contributed by atoms with Gasteiger partial charge >= 0.3 is 0 Å². The van der Waals surface area contributed by atoms with Crippen LogP contribution in [0, 0.1) is 6.23 Å². The van der Waals surface area contributed by atoms with Crippen LogP contribution in [0.4, 0.5) is 0 Å². The number of nitrogens with one attached hydrogen (secondary N) is 1. The zero-order valence-corrected chi connectivity index (χ0v) is 10.7. The lowest BCUT2D eigenvalue weighted by Gasteiger charge is -2.32. The summed E-state index contributed by atoms with van der Waals surface area (Å²) in [7, 11) is 0. The Kier molecular flexibility index (Phi) is 3.10. The van der Waals surface area contributed by atoms with Crippen LogP contribution in [0.1, 0.15) is 31.2 Å². The molecule has 1 aliphatic heterocycles. The van der Waals surface area contributed by atoms with E-state index < -0.39 is 0 Å². The van der Waals surface area contributed by atoms with Crippen molar-refractivity contribution in [2.24, 2.45) is 0 Å². The summed E-state index contributed by atoms with van der Waals surface area (Å²) in [5.41, 5.74) is 2.65. The van der Waals surface area contributed by atoms with Gasteiger partial charge < -0.3 is 10.1 Å². The third-order valence-corrected chi connectivity index (χ3v) is 4.01. The van der Waals surface area contributed by atoms with Crippen molar-refractivity contribution in [2.45, 2.75) is 25.7 Å². The number of aromatic nitrogens is 1. The Morgan fingerprint density at radius 2 is 2.00 bits per heavy atom. The van der Waals surface area contributed by atoms with Crippen LogP contribution in [-0.2, 0) is 0 Å². The number of aliphatic hydroxyl groups excluding tert-OH is 1. The lowest BCUT2D eigenvalue weighted by Crippen LogP contribution is -2.34. The van der Waals surface area contributed by atoms with Crippen LogP contribution in [0.5, 0.6) is 0 Å². The molecule has 0 saturated carbocycles. The molecule has 3 nitrogen and oxygen atoms in total. The van der Waals surface area contributed by atoms with E-state index in [0.717, 1.165) is 25.9 Å². The molecular formula is C15H19N2O. The molecule has 0 aliphatic carbocycles. The van der Waals surface area contributed by atoms with Crippen LogP contribution in [0.2, 0.25) is 0 Å². The van der Waals surface area contributed by atoms with E-state index in [9.17, 15) is 5.11 Å². The Morgan fingerprint density at radius 3 is 2.72 bits per heavy atom. The Hall–Kier alpha value is -1.32. The second kappa shape index (κ2) is 4.75. The second-order valence-electron chi connectivity index (χ2n) is 5.10. The van der Waals surface area contributed by atoms with E-state index in [1.165, 1.54) is 16.5 Å². The molecule has 1 aromatic carbocycles. The number of para-hydroxylation sites is 1. The molecule has 3 heteroatoms. The summed E-state index contributed by atoms with van der Waals surface area (Å²) in [5.74, 6) is 0.608. The molecule has 1 saturated heterocycles. The van der Waals surface area contributed by atoms with E-state index in [2.05, 4.69) is 40.3 Å². The van der Waals surface area contributed by atoms with Crippen LogP contribution >= 0.6 is 0 Å². The number of hydrogen-bond acceptors (Lipinski definition) is 2. The summed E-state index contributed by atoms with van der Waals surface area (Å²) >= 11 is 0. The number of H-pyrrole nitrogens is 1. The third kappa shape index (κ3) is 2.04. The van der Waals surface area contributed by atoms with Crippen molar-refractivity contribution >= 4 is 10.9 Å². The van der Waals surface area contributed by atoms with Gasteiger partial charge in [-0.05, 0) is 37.3 Å². The molecule has 1 radical (unpaired) electrons. The second-order valence-corrected chi connectivity index (χ2v) is 5.10. The minimum atomic E-state index is 0.451. The quantitative estimate of drug-likeness (QED) is 0.850. The average molecular weight is 243 g/mol. The van der Waals surface area contributed by atoms with E-state index in [1.807, 2.05) is 0 Å². The first-order chi connectivity index (χ1) is 8.75. The van der Waals surface area contributed by atoms with Gasteiger partial charge in [-0.25, -0.2) is 0 Å².